The van der Waals surface area contributed by atoms with Gasteiger partial charge in [-0.05, 0) is 6.92 Å². The molecule has 4 nitrogen and oxygen atoms in total. The van der Waals surface area contributed by atoms with Crippen LogP contribution in [0.25, 0.3) is 0 Å². The molecule has 0 bridgehead atoms. The number of ether oxygens (including phenoxy) is 2. The summed E-state index contributed by atoms with van der Waals surface area (Å²) < 4.78 is 10.1. The second-order valence-electron chi connectivity index (χ2n) is 2.92. The minimum atomic E-state index is -0.614. The van der Waals surface area contributed by atoms with Gasteiger partial charge in [0, 0.05) is 13.5 Å². The SMILES string of the molecule is COCC(C)OCC(O)CC(N)=S. The number of rotatable bonds is 7. The van der Waals surface area contributed by atoms with Crippen LogP contribution >= 0.6 is 12.2 Å². The van der Waals surface area contributed by atoms with Crippen LogP contribution < -0.4 is 5.73 Å². The molecule has 0 fully saturated rings. The Hall–Kier alpha value is -0.230. The van der Waals surface area contributed by atoms with E-state index >= 15 is 0 Å². The molecule has 5 heteroatoms. The lowest BCUT2D eigenvalue weighted by molar-refractivity contribution is -0.0296. The highest BCUT2D eigenvalue weighted by atomic mass is 32.1. The maximum atomic E-state index is 9.30. The molecule has 0 aliphatic rings. The summed E-state index contributed by atoms with van der Waals surface area (Å²) in [4.78, 5) is 0.301. The van der Waals surface area contributed by atoms with Crippen LogP contribution in [0, 0.1) is 0 Å². The highest BCUT2D eigenvalue weighted by molar-refractivity contribution is 7.80. The van der Waals surface area contributed by atoms with E-state index in [4.69, 9.17) is 15.2 Å². The van der Waals surface area contributed by atoms with E-state index in [0.29, 0.717) is 18.0 Å². The molecule has 0 aromatic carbocycles. The Morgan fingerprint density at radius 1 is 1.54 bits per heavy atom. The molecule has 0 saturated carbocycles. The van der Waals surface area contributed by atoms with Gasteiger partial charge in [0.15, 0.2) is 0 Å². The summed E-state index contributed by atoms with van der Waals surface area (Å²) in [6, 6.07) is 0. The molecule has 78 valence electrons. The van der Waals surface area contributed by atoms with E-state index in [9.17, 15) is 5.11 Å². The molecule has 0 aliphatic carbocycles. The normalized spacial score (nSPS) is 15.3. The maximum absolute atomic E-state index is 9.30. The summed E-state index contributed by atoms with van der Waals surface area (Å²) in [5, 5.41) is 9.30. The summed E-state index contributed by atoms with van der Waals surface area (Å²) in [6.07, 6.45) is -0.336. The third-order valence-electron chi connectivity index (χ3n) is 1.41. The number of hydrogen-bond acceptors (Lipinski definition) is 4. The predicted molar refractivity (Wildman–Crippen MR) is 54.7 cm³/mol. The van der Waals surface area contributed by atoms with Crippen LogP contribution in [0.3, 0.4) is 0 Å². The first-order chi connectivity index (χ1) is 6.06. The van der Waals surface area contributed by atoms with E-state index in [1.807, 2.05) is 6.92 Å². The van der Waals surface area contributed by atoms with Gasteiger partial charge in [0.1, 0.15) is 0 Å². The first-order valence-corrected chi connectivity index (χ1v) is 4.54. The Morgan fingerprint density at radius 2 is 2.15 bits per heavy atom. The summed E-state index contributed by atoms with van der Waals surface area (Å²) >= 11 is 4.64. The summed E-state index contributed by atoms with van der Waals surface area (Å²) in [5.41, 5.74) is 5.25. The Morgan fingerprint density at radius 3 is 2.62 bits per heavy atom. The lowest BCUT2D eigenvalue weighted by atomic mass is 10.3. The molecule has 2 atom stereocenters. The summed E-state index contributed by atoms with van der Waals surface area (Å²) in [7, 11) is 1.60. The fraction of sp³-hybridized carbons (Fsp3) is 0.875. The second-order valence-corrected chi connectivity index (χ2v) is 3.45. The fourth-order valence-corrected chi connectivity index (χ4v) is 1.04. The number of aliphatic hydroxyl groups is 1. The lowest BCUT2D eigenvalue weighted by Gasteiger charge is -2.15. The van der Waals surface area contributed by atoms with Crippen molar-refractivity contribution < 1.29 is 14.6 Å². The molecule has 0 aromatic rings. The van der Waals surface area contributed by atoms with Crippen LogP contribution in [0.15, 0.2) is 0 Å². The van der Waals surface area contributed by atoms with Crippen LogP contribution in [0.1, 0.15) is 13.3 Å². The van der Waals surface area contributed by atoms with Gasteiger partial charge in [-0.3, -0.25) is 0 Å². The smallest absolute Gasteiger partial charge is 0.0836 e. The zero-order chi connectivity index (χ0) is 10.3. The molecule has 3 N–H and O–H groups in total. The van der Waals surface area contributed by atoms with Gasteiger partial charge >= 0.3 is 0 Å². The molecular weight excluding hydrogens is 190 g/mol. The van der Waals surface area contributed by atoms with Crippen molar-refractivity contribution in [2.45, 2.75) is 25.6 Å². The maximum Gasteiger partial charge on any atom is 0.0836 e. The van der Waals surface area contributed by atoms with Crippen molar-refractivity contribution in [1.29, 1.82) is 0 Å². The van der Waals surface area contributed by atoms with Gasteiger partial charge < -0.3 is 20.3 Å². The molecule has 0 aromatic heterocycles. The average molecular weight is 207 g/mol. The van der Waals surface area contributed by atoms with E-state index in [1.54, 1.807) is 7.11 Å². The number of aliphatic hydroxyl groups excluding tert-OH is 1. The summed E-state index contributed by atoms with van der Waals surface area (Å²) in [5.74, 6) is 0. The zero-order valence-electron chi connectivity index (χ0n) is 8.03. The Labute approximate surface area is 84.0 Å². The quantitative estimate of drug-likeness (QED) is 0.579. The standard InChI is InChI=1S/C8H17NO3S/c1-6(4-11-2)12-5-7(10)3-8(9)13/h6-7,10H,3-5H2,1-2H3,(H2,9,13). The number of methoxy groups -OCH3 is 1. The van der Waals surface area contributed by atoms with Crippen LogP contribution in [-0.4, -0.2) is 42.6 Å². The highest BCUT2D eigenvalue weighted by Crippen LogP contribution is 1.97. The lowest BCUT2D eigenvalue weighted by Crippen LogP contribution is -2.26. The monoisotopic (exact) mass is 207 g/mol. The van der Waals surface area contributed by atoms with Gasteiger partial charge in [-0.25, -0.2) is 0 Å². The van der Waals surface area contributed by atoms with Crippen LogP contribution in [0.2, 0.25) is 0 Å². The minimum Gasteiger partial charge on any atom is -0.393 e. The Kier molecular flexibility index (Phi) is 7.07. The van der Waals surface area contributed by atoms with E-state index < -0.39 is 6.10 Å². The minimum absolute atomic E-state index is 0.0222. The molecule has 0 rings (SSSR count). The average Bonchev–Trinajstić information content (AvgIpc) is 2.00. The molecule has 0 aliphatic heterocycles. The number of thiocarbonyl (C=S) groups is 1. The number of hydrogen-bond donors (Lipinski definition) is 2. The fourth-order valence-electron chi connectivity index (χ4n) is 0.849. The molecule has 0 saturated heterocycles. The van der Waals surface area contributed by atoms with Gasteiger partial charge in [0.05, 0.1) is 30.4 Å². The van der Waals surface area contributed by atoms with Crippen molar-refractivity contribution in [1.82, 2.24) is 0 Å². The first kappa shape index (κ1) is 12.8. The molecule has 0 amide bonds. The first-order valence-electron chi connectivity index (χ1n) is 4.13. The van der Waals surface area contributed by atoms with Crippen molar-refractivity contribution >= 4 is 17.2 Å². The van der Waals surface area contributed by atoms with E-state index in [0.717, 1.165) is 0 Å². The van der Waals surface area contributed by atoms with Crippen molar-refractivity contribution in [3.63, 3.8) is 0 Å². The number of nitrogens with two attached hydrogens (primary N) is 1. The Bertz CT molecular complexity index is 154. The van der Waals surface area contributed by atoms with Crippen molar-refractivity contribution in [2.75, 3.05) is 20.3 Å². The highest BCUT2D eigenvalue weighted by Gasteiger charge is 2.08. The third-order valence-corrected chi connectivity index (χ3v) is 1.58. The van der Waals surface area contributed by atoms with Crippen LogP contribution in [0.5, 0.6) is 0 Å². The zero-order valence-corrected chi connectivity index (χ0v) is 8.84. The third kappa shape index (κ3) is 8.11. The van der Waals surface area contributed by atoms with Crippen molar-refractivity contribution in [2.24, 2.45) is 5.73 Å². The van der Waals surface area contributed by atoms with Crippen LogP contribution in [-0.2, 0) is 9.47 Å². The molecule has 13 heavy (non-hydrogen) atoms. The van der Waals surface area contributed by atoms with E-state index in [1.165, 1.54) is 0 Å². The predicted octanol–water partition coefficient (Wildman–Crippen LogP) is 0.0750. The molecule has 0 heterocycles. The van der Waals surface area contributed by atoms with E-state index in [-0.39, 0.29) is 12.7 Å². The topological polar surface area (TPSA) is 64.7 Å². The van der Waals surface area contributed by atoms with Crippen LogP contribution in [0.4, 0.5) is 0 Å². The molecule has 0 spiro atoms. The molecule has 0 radical (unpaired) electrons. The second kappa shape index (κ2) is 7.20. The van der Waals surface area contributed by atoms with Gasteiger partial charge in [-0.15, -0.1) is 0 Å². The summed E-state index contributed by atoms with van der Waals surface area (Å²) in [6.45, 7) is 2.62. The van der Waals surface area contributed by atoms with Gasteiger partial charge in [-0.1, -0.05) is 12.2 Å². The van der Waals surface area contributed by atoms with E-state index in [2.05, 4.69) is 12.2 Å². The van der Waals surface area contributed by atoms with Gasteiger partial charge in [0.2, 0.25) is 0 Å². The molecular formula is C8H17NO3S. The molecule has 2 unspecified atom stereocenters. The Balaban J connectivity index is 3.45. The van der Waals surface area contributed by atoms with Gasteiger partial charge in [0.25, 0.3) is 0 Å². The largest absolute Gasteiger partial charge is 0.393 e. The van der Waals surface area contributed by atoms with Crippen molar-refractivity contribution in [3.8, 4) is 0 Å². The van der Waals surface area contributed by atoms with Crippen molar-refractivity contribution in [3.05, 3.63) is 0 Å². The van der Waals surface area contributed by atoms with Gasteiger partial charge in [-0.2, -0.15) is 0 Å².